The number of hydrogen-bond donors (Lipinski definition) is 2. The van der Waals surface area contributed by atoms with E-state index in [2.05, 4.69) is 0 Å². The second-order valence-corrected chi connectivity index (χ2v) is 3.97. The number of imide groups is 1. The second-order valence-electron chi connectivity index (χ2n) is 3.97. The Morgan fingerprint density at radius 1 is 1.30 bits per heavy atom. The van der Waals surface area contributed by atoms with E-state index in [0.29, 0.717) is 11.3 Å². The standard InChI is InChI=1S/C13H16N2O5/c1-8(12(17)15-13(14)18)20-11(16)7-9-5-3-4-6-10(9)19-2/h3-6,8H,7H2,1-2H3,(H3,14,15,17,18)/t8-/m0/s1. The first kappa shape index (κ1) is 15.5. The Hall–Kier alpha value is -2.57. The maximum absolute atomic E-state index is 11.7. The molecule has 0 aliphatic rings. The molecule has 0 saturated heterocycles. The number of carbonyl (C=O) groups excluding carboxylic acids is 3. The van der Waals surface area contributed by atoms with Crippen LogP contribution >= 0.6 is 0 Å². The molecule has 0 saturated carbocycles. The third kappa shape index (κ3) is 4.60. The topological polar surface area (TPSA) is 108 Å². The van der Waals surface area contributed by atoms with Gasteiger partial charge in [-0.1, -0.05) is 18.2 Å². The van der Waals surface area contributed by atoms with Crippen LogP contribution in [-0.2, 0) is 20.7 Å². The summed E-state index contributed by atoms with van der Waals surface area (Å²) in [4.78, 5) is 33.6. The number of ether oxygens (including phenoxy) is 2. The average Bonchev–Trinajstić information content (AvgIpc) is 2.38. The minimum atomic E-state index is -1.11. The van der Waals surface area contributed by atoms with Crippen LogP contribution in [0.4, 0.5) is 4.79 Å². The summed E-state index contributed by atoms with van der Waals surface area (Å²) in [6.45, 7) is 1.35. The predicted octanol–water partition coefficient (Wildman–Crippen LogP) is 0.364. The summed E-state index contributed by atoms with van der Waals surface area (Å²) in [5.74, 6) is -0.828. The maximum Gasteiger partial charge on any atom is 0.318 e. The van der Waals surface area contributed by atoms with Crippen LogP contribution < -0.4 is 15.8 Å². The summed E-state index contributed by atoms with van der Waals surface area (Å²) in [6.07, 6.45) is -1.15. The fraction of sp³-hybridized carbons (Fsp3) is 0.308. The van der Waals surface area contributed by atoms with Crippen LogP contribution in [0.3, 0.4) is 0 Å². The van der Waals surface area contributed by atoms with Gasteiger partial charge in [0.15, 0.2) is 6.10 Å². The van der Waals surface area contributed by atoms with E-state index in [0.717, 1.165) is 0 Å². The molecule has 7 nitrogen and oxygen atoms in total. The number of primary amides is 1. The summed E-state index contributed by atoms with van der Waals surface area (Å²) in [7, 11) is 1.49. The van der Waals surface area contributed by atoms with Crippen LogP contribution in [0, 0.1) is 0 Å². The highest BCUT2D eigenvalue weighted by Gasteiger charge is 2.19. The highest BCUT2D eigenvalue weighted by atomic mass is 16.5. The van der Waals surface area contributed by atoms with Crippen molar-refractivity contribution >= 4 is 17.9 Å². The lowest BCUT2D eigenvalue weighted by atomic mass is 10.1. The molecular formula is C13H16N2O5. The van der Waals surface area contributed by atoms with Gasteiger partial charge in [0.25, 0.3) is 5.91 Å². The van der Waals surface area contributed by atoms with E-state index in [-0.39, 0.29) is 6.42 Å². The number of amides is 3. The molecule has 3 amide bonds. The molecule has 0 spiro atoms. The Labute approximate surface area is 116 Å². The van der Waals surface area contributed by atoms with Gasteiger partial charge in [0.2, 0.25) is 0 Å². The number of hydrogen-bond acceptors (Lipinski definition) is 5. The largest absolute Gasteiger partial charge is 0.496 e. The molecule has 0 fully saturated rings. The van der Waals surface area contributed by atoms with Crippen molar-refractivity contribution in [3.8, 4) is 5.75 Å². The zero-order chi connectivity index (χ0) is 15.1. The number of nitrogens with two attached hydrogens (primary N) is 1. The molecule has 0 bridgehead atoms. The fourth-order valence-corrected chi connectivity index (χ4v) is 1.52. The lowest BCUT2D eigenvalue weighted by Gasteiger charge is -2.13. The summed E-state index contributed by atoms with van der Waals surface area (Å²) in [5.41, 5.74) is 5.44. The molecule has 0 aromatic heterocycles. The number of urea groups is 1. The molecule has 0 unspecified atom stereocenters. The molecule has 0 radical (unpaired) electrons. The van der Waals surface area contributed by atoms with E-state index in [9.17, 15) is 14.4 Å². The Morgan fingerprint density at radius 2 is 1.95 bits per heavy atom. The van der Waals surface area contributed by atoms with E-state index >= 15 is 0 Å². The van der Waals surface area contributed by atoms with Gasteiger partial charge in [-0.2, -0.15) is 0 Å². The van der Waals surface area contributed by atoms with Crippen molar-refractivity contribution in [2.24, 2.45) is 5.73 Å². The third-order valence-electron chi connectivity index (χ3n) is 2.45. The van der Waals surface area contributed by atoms with Crippen molar-refractivity contribution < 1.29 is 23.9 Å². The zero-order valence-corrected chi connectivity index (χ0v) is 11.2. The molecule has 3 N–H and O–H groups in total. The van der Waals surface area contributed by atoms with Gasteiger partial charge in [-0.05, 0) is 13.0 Å². The quantitative estimate of drug-likeness (QED) is 0.757. The summed E-state index contributed by atoms with van der Waals surface area (Å²) < 4.78 is 10.0. The smallest absolute Gasteiger partial charge is 0.318 e. The van der Waals surface area contributed by atoms with E-state index in [4.69, 9.17) is 15.2 Å². The van der Waals surface area contributed by atoms with Crippen molar-refractivity contribution in [2.75, 3.05) is 7.11 Å². The summed E-state index contributed by atoms with van der Waals surface area (Å²) in [6, 6.07) is 5.97. The lowest BCUT2D eigenvalue weighted by molar-refractivity contribution is -0.153. The number of benzene rings is 1. The van der Waals surface area contributed by atoms with Crippen LogP contribution in [0.25, 0.3) is 0 Å². The number of methoxy groups -OCH3 is 1. The number of esters is 1. The Balaban J connectivity index is 2.59. The predicted molar refractivity (Wildman–Crippen MR) is 70.0 cm³/mol. The van der Waals surface area contributed by atoms with Crippen molar-refractivity contribution in [3.05, 3.63) is 29.8 Å². The molecule has 1 rings (SSSR count). The van der Waals surface area contributed by atoms with E-state index < -0.39 is 24.0 Å². The molecule has 0 aliphatic carbocycles. The minimum Gasteiger partial charge on any atom is -0.496 e. The van der Waals surface area contributed by atoms with E-state index in [1.807, 2.05) is 5.32 Å². The van der Waals surface area contributed by atoms with Gasteiger partial charge in [0, 0.05) is 5.56 Å². The highest BCUT2D eigenvalue weighted by Crippen LogP contribution is 2.18. The highest BCUT2D eigenvalue weighted by molar-refractivity contribution is 5.96. The number of carbonyl (C=O) groups is 3. The number of nitrogens with one attached hydrogen (secondary N) is 1. The zero-order valence-electron chi connectivity index (χ0n) is 11.2. The van der Waals surface area contributed by atoms with E-state index in [1.165, 1.54) is 14.0 Å². The first-order valence-electron chi connectivity index (χ1n) is 5.85. The molecule has 1 atom stereocenters. The molecule has 0 aliphatic heterocycles. The van der Waals surface area contributed by atoms with Crippen LogP contribution in [0.5, 0.6) is 5.75 Å². The van der Waals surface area contributed by atoms with Gasteiger partial charge in [-0.3, -0.25) is 14.9 Å². The molecule has 108 valence electrons. The monoisotopic (exact) mass is 280 g/mol. The molecule has 0 heterocycles. The second kappa shape index (κ2) is 7.13. The molecule has 1 aromatic rings. The minimum absolute atomic E-state index is 0.0434. The molecule has 7 heteroatoms. The average molecular weight is 280 g/mol. The maximum atomic E-state index is 11.7. The van der Waals surface area contributed by atoms with Crippen LogP contribution in [0.1, 0.15) is 12.5 Å². The number of rotatable bonds is 5. The fourth-order valence-electron chi connectivity index (χ4n) is 1.52. The lowest BCUT2D eigenvalue weighted by Crippen LogP contribution is -2.42. The van der Waals surface area contributed by atoms with Gasteiger partial charge < -0.3 is 15.2 Å². The Kier molecular flexibility index (Phi) is 5.52. The first-order valence-corrected chi connectivity index (χ1v) is 5.85. The summed E-state index contributed by atoms with van der Waals surface area (Å²) in [5, 5.41) is 1.83. The number of para-hydroxylation sites is 1. The van der Waals surface area contributed by atoms with Crippen molar-refractivity contribution in [1.82, 2.24) is 5.32 Å². The van der Waals surface area contributed by atoms with Gasteiger partial charge in [-0.15, -0.1) is 0 Å². The summed E-state index contributed by atoms with van der Waals surface area (Å²) >= 11 is 0. The first-order chi connectivity index (χ1) is 9.43. The Bertz CT molecular complexity index is 515. The van der Waals surface area contributed by atoms with E-state index in [1.54, 1.807) is 24.3 Å². The molecule has 1 aromatic carbocycles. The molecule has 20 heavy (non-hydrogen) atoms. The molecular weight excluding hydrogens is 264 g/mol. The van der Waals surface area contributed by atoms with Crippen molar-refractivity contribution in [2.45, 2.75) is 19.4 Å². The SMILES string of the molecule is COc1ccccc1CC(=O)O[C@@H](C)C(=O)NC(N)=O. The Morgan fingerprint density at radius 3 is 2.55 bits per heavy atom. The van der Waals surface area contributed by atoms with Crippen molar-refractivity contribution in [3.63, 3.8) is 0 Å². The van der Waals surface area contributed by atoms with Crippen molar-refractivity contribution in [1.29, 1.82) is 0 Å². The van der Waals surface area contributed by atoms with Crippen LogP contribution in [0.2, 0.25) is 0 Å². The normalized spacial score (nSPS) is 11.3. The van der Waals surface area contributed by atoms with Crippen LogP contribution in [0.15, 0.2) is 24.3 Å². The van der Waals surface area contributed by atoms with Gasteiger partial charge in [0.05, 0.1) is 13.5 Å². The van der Waals surface area contributed by atoms with Gasteiger partial charge >= 0.3 is 12.0 Å². The van der Waals surface area contributed by atoms with Gasteiger partial charge in [0.1, 0.15) is 5.75 Å². The van der Waals surface area contributed by atoms with Crippen LogP contribution in [-0.4, -0.2) is 31.1 Å². The third-order valence-corrected chi connectivity index (χ3v) is 2.45. The van der Waals surface area contributed by atoms with Gasteiger partial charge in [-0.25, -0.2) is 4.79 Å².